The zero-order valence-corrected chi connectivity index (χ0v) is 14.6. The number of para-hydroxylation sites is 1. The molecule has 1 fully saturated rings. The minimum absolute atomic E-state index is 0.0325. The molecule has 0 aliphatic carbocycles. The highest BCUT2D eigenvalue weighted by Crippen LogP contribution is 2.22. The fourth-order valence-corrected chi connectivity index (χ4v) is 3.08. The average molecular weight is 345 g/mol. The summed E-state index contributed by atoms with van der Waals surface area (Å²) < 4.78 is 0. The predicted octanol–water partition coefficient (Wildman–Crippen LogP) is 2.47. The Morgan fingerprint density at radius 2 is 2.00 bits per heavy atom. The third kappa shape index (κ3) is 4.23. The normalized spacial score (nSPS) is 17.0. The van der Waals surface area contributed by atoms with E-state index in [2.05, 4.69) is 0 Å². The van der Waals surface area contributed by atoms with E-state index in [1.165, 1.54) is 18.2 Å². The maximum absolute atomic E-state index is 12.6. The monoisotopic (exact) mass is 345 g/mol. The lowest BCUT2D eigenvalue weighted by atomic mass is 10.1. The first-order chi connectivity index (χ1) is 12.0. The van der Waals surface area contributed by atoms with Gasteiger partial charge in [-0.05, 0) is 38.8 Å². The molecule has 7 nitrogen and oxygen atoms in total. The van der Waals surface area contributed by atoms with E-state index in [4.69, 9.17) is 0 Å². The molecule has 1 aromatic carbocycles. The van der Waals surface area contributed by atoms with Crippen molar-refractivity contribution in [2.75, 3.05) is 19.6 Å². The van der Waals surface area contributed by atoms with Crippen molar-refractivity contribution in [3.8, 4) is 0 Å². The fourth-order valence-electron chi connectivity index (χ4n) is 3.08. The molecule has 2 rings (SSSR count). The first-order valence-corrected chi connectivity index (χ1v) is 8.50. The van der Waals surface area contributed by atoms with E-state index in [-0.39, 0.29) is 17.5 Å². The highest BCUT2D eigenvalue weighted by atomic mass is 16.6. The van der Waals surface area contributed by atoms with E-state index in [0.717, 1.165) is 6.42 Å². The highest BCUT2D eigenvalue weighted by Gasteiger charge is 2.34. The SMILES string of the molecule is CCN(CC)C(=O)[C@H]1CCCN1C(=O)/C=C/c1ccccc1[N+](=O)[O-]. The Balaban J connectivity index is 2.14. The maximum Gasteiger partial charge on any atom is 0.276 e. The molecule has 0 saturated carbocycles. The van der Waals surface area contributed by atoms with E-state index in [0.29, 0.717) is 31.6 Å². The second-order valence-corrected chi connectivity index (χ2v) is 5.85. The molecule has 7 heteroatoms. The molecule has 0 N–H and O–H groups in total. The summed E-state index contributed by atoms with van der Waals surface area (Å²) in [5.74, 6) is -0.323. The van der Waals surface area contributed by atoms with Gasteiger partial charge in [-0.2, -0.15) is 0 Å². The minimum atomic E-state index is -0.479. The van der Waals surface area contributed by atoms with E-state index in [1.54, 1.807) is 28.0 Å². The smallest absolute Gasteiger partial charge is 0.276 e. The molecular weight excluding hydrogens is 322 g/mol. The van der Waals surface area contributed by atoms with E-state index in [1.807, 2.05) is 13.8 Å². The van der Waals surface area contributed by atoms with Crippen molar-refractivity contribution in [3.05, 3.63) is 46.0 Å². The van der Waals surface area contributed by atoms with Crippen molar-refractivity contribution in [3.63, 3.8) is 0 Å². The van der Waals surface area contributed by atoms with Crippen LogP contribution in [0.15, 0.2) is 30.3 Å². The molecule has 0 aromatic heterocycles. The topological polar surface area (TPSA) is 83.8 Å². The summed E-state index contributed by atoms with van der Waals surface area (Å²) in [7, 11) is 0. The van der Waals surface area contributed by atoms with Gasteiger partial charge in [0.05, 0.1) is 10.5 Å². The number of likely N-dealkylation sites (N-methyl/N-ethyl adjacent to an activating group) is 1. The van der Waals surface area contributed by atoms with Crippen molar-refractivity contribution >= 4 is 23.6 Å². The molecule has 0 bridgehead atoms. The highest BCUT2D eigenvalue weighted by molar-refractivity contribution is 5.96. The largest absolute Gasteiger partial charge is 0.341 e. The molecule has 1 aromatic rings. The van der Waals surface area contributed by atoms with Crippen molar-refractivity contribution in [2.45, 2.75) is 32.7 Å². The Morgan fingerprint density at radius 3 is 2.64 bits per heavy atom. The van der Waals surface area contributed by atoms with E-state index >= 15 is 0 Å². The number of nitro benzene ring substituents is 1. The van der Waals surface area contributed by atoms with Crippen molar-refractivity contribution < 1.29 is 14.5 Å². The summed E-state index contributed by atoms with van der Waals surface area (Å²) in [4.78, 5) is 38.9. The van der Waals surface area contributed by atoms with Gasteiger partial charge in [-0.25, -0.2) is 0 Å². The second-order valence-electron chi connectivity index (χ2n) is 5.85. The number of nitrogens with zero attached hydrogens (tertiary/aromatic N) is 3. The number of nitro groups is 1. The summed E-state index contributed by atoms with van der Waals surface area (Å²) in [5.41, 5.74) is 0.315. The third-order valence-corrected chi connectivity index (χ3v) is 4.43. The number of rotatable bonds is 6. The van der Waals surface area contributed by atoms with Crippen molar-refractivity contribution in [1.29, 1.82) is 0 Å². The number of hydrogen-bond donors (Lipinski definition) is 0. The summed E-state index contributed by atoms with van der Waals surface area (Å²) in [6.07, 6.45) is 4.19. The molecule has 0 radical (unpaired) electrons. The van der Waals surface area contributed by atoms with Crippen molar-refractivity contribution in [1.82, 2.24) is 9.80 Å². The van der Waals surface area contributed by atoms with Gasteiger partial charge in [-0.1, -0.05) is 12.1 Å². The van der Waals surface area contributed by atoms with Gasteiger partial charge in [0.15, 0.2) is 0 Å². The van der Waals surface area contributed by atoms with Crippen LogP contribution in [0.1, 0.15) is 32.3 Å². The standard InChI is InChI=1S/C18H23N3O4/c1-3-19(4-2)18(23)16-10-7-13-20(16)17(22)12-11-14-8-5-6-9-15(14)21(24)25/h5-6,8-9,11-12,16H,3-4,7,10,13H2,1-2H3/b12-11+/t16-/m1/s1. The second kappa shape index (κ2) is 8.41. The van der Waals surface area contributed by atoms with Gasteiger partial charge in [0.2, 0.25) is 11.8 Å². The summed E-state index contributed by atoms with van der Waals surface area (Å²) in [6, 6.07) is 5.80. The molecule has 0 unspecified atom stereocenters. The van der Waals surface area contributed by atoms with Gasteiger partial charge in [0, 0.05) is 31.8 Å². The molecule has 1 atom stereocenters. The molecule has 0 spiro atoms. The lowest BCUT2D eigenvalue weighted by Gasteiger charge is -2.28. The van der Waals surface area contributed by atoms with Crippen LogP contribution in [0.3, 0.4) is 0 Å². The van der Waals surface area contributed by atoms with Gasteiger partial charge >= 0.3 is 0 Å². The predicted molar refractivity (Wildman–Crippen MR) is 94.8 cm³/mol. The summed E-state index contributed by atoms with van der Waals surface area (Å²) in [5, 5.41) is 11.0. The first kappa shape index (κ1) is 18.6. The lowest BCUT2D eigenvalue weighted by molar-refractivity contribution is -0.385. The molecule has 1 heterocycles. The number of amides is 2. The van der Waals surface area contributed by atoms with Crippen LogP contribution >= 0.6 is 0 Å². The minimum Gasteiger partial charge on any atom is -0.341 e. The summed E-state index contributed by atoms with van der Waals surface area (Å²) in [6.45, 7) is 5.57. The molecule has 1 aliphatic heterocycles. The summed E-state index contributed by atoms with van der Waals surface area (Å²) >= 11 is 0. The molecule has 2 amide bonds. The van der Waals surface area contributed by atoms with Crippen LogP contribution in [-0.4, -0.2) is 52.2 Å². The number of benzene rings is 1. The van der Waals surface area contributed by atoms with Crippen LogP contribution in [0, 0.1) is 10.1 Å². The number of carbonyl (C=O) groups is 2. The Labute approximate surface area is 147 Å². The molecule has 1 saturated heterocycles. The third-order valence-electron chi connectivity index (χ3n) is 4.43. The molecular formula is C18H23N3O4. The van der Waals surface area contributed by atoms with Crippen molar-refractivity contribution in [2.24, 2.45) is 0 Å². The molecule has 134 valence electrons. The van der Waals surface area contributed by atoms with E-state index in [9.17, 15) is 19.7 Å². The van der Waals surface area contributed by atoms with E-state index < -0.39 is 11.0 Å². The van der Waals surface area contributed by atoms with Gasteiger partial charge in [0.25, 0.3) is 5.69 Å². The Kier molecular flexibility index (Phi) is 6.27. The van der Waals surface area contributed by atoms with Crippen LogP contribution in [-0.2, 0) is 9.59 Å². The zero-order chi connectivity index (χ0) is 18.4. The average Bonchev–Trinajstić information content (AvgIpc) is 3.10. The van der Waals surface area contributed by atoms with Crippen LogP contribution in [0.25, 0.3) is 6.08 Å². The Bertz CT molecular complexity index is 683. The number of carbonyl (C=O) groups excluding carboxylic acids is 2. The first-order valence-electron chi connectivity index (χ1n) is 8.50. The van der Waals surface area contributed by atoms with Crippen LogP contribution in [0.4, 0.5) is 5.69 Å². The van der Waals surface area contributed by atoms with Crippen LogP contribution < -0.4 is 0 Å². The number of hydrogen-bond acceptors (Lipinski definition) is 4. The number of likely N-dealkylation sites (tertiary alicyclic amines) is 1. The Morgan fingerprint density at radius 1 is 1.32 bits per heavy atom. The lowest BCUT2D eigenvalue weighted by Crippen LogP contribution is -2.47. The van der Waals surface area contributed by atoms with Crippen LogP contribution in [0.5, 0.6) is 0 Å². The molecule has 25 heavy (non-hydrogen) atoms. The van der Waals surface area contributed by atoms with Gasteiger partial charge < -0.3 is 9.80 Å². The van der Waals surface area contributed by atoms with Gasteiger partial charge in [-0.3, -0.25) is 19.7 Å². The van der Waals surface area contributed by atoms with Gasteiger partial charge in [-0.15, -0.1) is 0 Å². The van der Waals surface area contributed by atoms with Gasteiger partial charge in [0.1, 0.15) is 6.04 Å². The zero-order valence-electron chi connectivity index (χ0n) is 14.6. The fraction of sp³-hybridized carbons (Fsp3) is 0.444. The van der Waals surface area contributed by atoms with Crippen LogP contribution in [0.2, 0.25) is 0 Å². The maximum atomic E-state index is 12.6. The molecule has 1 aliphatic rings. The quantitative estimate of drug-likeness (QED) is 0.450. The Hall–Kier alpha value is -2.70.